The lowest BCUT2D eigenvalue weighted by Gasteiger charge is -2.35. The summed E-state index contributed by atoms with van der Waals surface area (Å²) in [5.41, 5.74) is 2.56. The van der Waals surface area contributed by atoms with Crippen molar-refractivity contribution in [1.29, 1.82) is 0 Å². The Kier molecular flexibility index (Phi) is 2.97. The smallest absolute Gasteiger partial charge is 0.137 e. The van der Waals surface area contributed by atoms with Gasteiger partial charge < -0.3 is 0 Å². The van der Waals surface area contributed by atoms with E-state index < -0.39 is 0 Å². The zero-order valence-corrected chi connectivity index (χ0v) is 10.3. The molecule has 2 atom stereocenters. The van der Waals surface area contributed by atoms with E-state index in [4.69, 9.17) is 0 Å². The normalized spacial score (nSPS) is 22.6. The number of Topliss-reactive ketones (excluding diaryl/α,β-unsaturated/α-hetero) is 1. The third-order valence-electron chi connectivity index (χ3n) is 3.85. The van der Waals surface area contributed by atoms with E-state index in [1.165, 1.54) is 11.1 Å². The summed E-state index contributed by atoms with van der Waals surface area (Å²) in [6, 6.07) is 20.7. The second-order valence-corrected chi connectivity index (χ2v) is 4.98. The lowest BCUT2D eigenvalue weighted by Crippen LogP contribution is -2.36. The molecule has 0 heterocycles. The summed E-state index contributed by atoms with van der Waals surface area (Å²) in [5.74, 6) is 1.00. The molecular weight excluding hydrogens is 220 g/mol. The molecule has 1 saturated carbocycles. The van der Waals surface area contributed by atoms with E-state index in [2.05, 4.69) is 36.4 Å². The van der Waals surface area contributed by atoms with Crippen LogP contribution in [-0.4, -0.2) is 5.78 Å². The van der Waals surface area contributed by atoms with Crippen molar-refractivity contribution in [2.24, 2.45) is 5.92 Å². The van der Waals surface area contributed by atoms with Crippen LogP contribution in [0.3, 0.4) is 0 Å². The Morgan fingerprint density at radius 2 is 1.50 bits per heavy atom. The molecule has 0 unspecified atom stereocenters. The molecule has 0 aliphatic heterocycles. The molecule has 2 aromatic carbocycles. The number of hydrogen-bond donors (Lipinski definition) is 0. The van der Waals surface area contributed by atoms with E-state index in [1.54, 1.807) is 0 Å². The molecule has 0 radical (unpaired) electrons. The lowest BCUT2D eigenvalue weighted by molar-refractivity contribution is -0.130. The van der Waals surface area contributed by atoms with Gasteiger partial charge in [-0.2, -0.15) is 0 Å². The van der Waals surface area contributed by atoms with Crippen LogP contribution in [0.4, 0.5) is 0 Å². The number of hydrogen-bond acceptors (Lipinski definition) is 1. The third-order valence-corrected chi connectivity index (χ3v) is 3.85. The van der Waals surface area contributed by atoms with Crippen LogP contribution in [-0.2, 0) is 11.2 Å². The van der Waals surface area contributed by atoms with E-state index in [-0.39, 0.29) is 5.92 Å². The zero-order valence-electron chi connectivity index (χ0n) is 10.3. The first-order valence-electron chi connectivity index (χ1n) is 6.46. The van der Waals surface area contributed by atoms with Crippen molar-refractivity contribution in [2.45, 2.75) is 18.8 Å². The molecule has 3 rings (SSSR count). The highest BCUT2D eigenvalue weighted by Gasteiger charge is 2.39. The molecule has 0 amide bonds. The van der Waals surface area contributed by atoms with Crippen LogP contribution < -0.4 is 0 Å². The average Bonchev–Trinajstić information content (AvgIpc) is 2.44. The van der Waals surface area contributed by atoms with E-state index in [9.17, 15) is 4.79 Å². The Morgan fingerprint density at radius 1 is 0.889 bits per heavy atom. The molecule has 2 aromatic rings. The van der Waals surface area contributed by atoms with Gasteiger partial charge in [-0.25, -0.2) is 0 Å². The molecule has 1 aliphatic rings. The van der Waals surface area contributed by atoms with Gasteiger partial charge in [-0.1, -0.05) is 60.7 Å². The van der Waals surface area contributed by atoms with Crippen LogP contribution in [0.5, 0.6) is 0 Å². The van der Waals surface area contributed by atoms with Crippen molar-refractivity contribution in [3.8, 4) is 0 Å². The summed E-state index contributed by atoms with van der Waals surface area (Å²) in [7, 11) is 0. The van der Waals surface area contributed by atoms with Gasteiger partial charge >= 0.3 is 0 Å². The fourth-order valence-corrected chi connectivity index (χ4v) is 2.75. The van der Waals surface area contributed by atoms with Gasteiger partial charge in [-0.3, -0.25) is 4.79 Å². The van der Waals surface area contributed by atoms with Crippen molar-refractivity contribution in [3.05, 3.63) is 71.8 Å². The summed E-state index contributed by atoms with van der Waals surface area (Å²) in [5, 5.41) is 0. The van der Waals surface area contributed by atoms with Crippen LogP contribution >= 0.6 is 0 Å². The molecule has 18 heavy (non-hydrogen) atoms. The van der Waals surface area contributed by atoms with Gasteiger partial charge in [0.1, 0.15) is 5.78 Å². The van der Waals surface area contributed by atoms with Crippen LogP contribution in [0.25, 0.3) is 0 Å². The highest BCUT2D eigenvalue weighted by molar-refractivity contribution is 5.89. The number of carbonyl (C=O) groups is 1. The molecule has 0 aromatic heterocycles. The van der Waals surface area contributed by atoms with Crippen LogP contribution in [0.2, 0.25) is 0 Å². The maximum atomic E-state index is 11.8. The van der Waals surface area contributed by atoms with Gasteiger partial charge in [0, 0.05) is 18.3 Å². The highest BCUT2D eigenvalue weighted by Crippen LogP contribution is 2.41. The summed E-state index contributed by atoms with van der Waals surface area (Å²) >= 11 is 0. The molecule has 0 saturated heterocycles. The van der Waals surface area contributed by atoms with E-state index >= 15 is 0 Å². The Bertz CT molecular complexity index is 530. The zero-order chi connectivity index (χ0) is 12.4. The van der Waals surface area contributed by atoms with Crippen LogP contribution in [0, 0.1) is 5.92 Å². The molecule has 0 bridgehead atoms. The predicted octanol–water partition coefficient (Wildman–Crippen LogP) is 3.60. The Balaban J connectivity index is 1.77. The van der Waals surface area contributed by atoms with Crippen molar-refractivity contribution in [3.63, 3.8) is 0 Å². The molecule has 1 nitrogen and oxygen atoms in total. The standard InChI is InChI=1S/C17H16O/c18-17-12-15(14-9-5-2-6-10-14)16(17)11-13-7-3-1-4-8-13/h1-10,15-16H,11-12H2/t15-,16-/m1/s1. The van der Waals surface area contributed by atoms with Gasteiger partial charge in [0.2, 0.25) is 0 Å². The predicted molar refractivity (Wildman–Crippen MR) is 72.4 cm³/mol. The highest BCUT2D eigenvalue weighted by atomic mass is 16.1. The molecular formula is C17H16O. The molecule has 90 valence electrons. The third kappa shape index (κ3) is 2.08. The Labute approximate surface area is 107 Å². The van der Waals surface area contributed by atoms with E-state index in [0.29, 0.717) is 18.1 Å². The first kappa shape index (κ1) is 11.2. The van der Waals surface area contributed by atoms with E-state index in [0.717, 1.165) is 6.42 Å². The molecule has 0 N–H and O–H groups in total. The number of ketones is 1. The molecule has 1 aliphatic carbocycles. The number of carbonyl (C=O) groups excluding carboxylic acids is 1. The fourth-order valence-electron chi connectivity index (χ4n) is 2.75. The van der Waals surface area contributed by atoms with Crippen molar-refractivity contribution >= 4 is 5.78 Å². The van der Waals surface area contributed by atoms with Gasteiger partial charge in [0.05, 0.1) is 0 Å². The second kappa shape index (κ2) is 4.77. The topological polar surface area (TPSA) is 17.1 Å². The van der Waals surface area contributed by atoms with E-state index in [1.807, 2.05) is 24.3 Å². The van der Waals surface area contributed by atoms with Crippen LogP contribution in [0.1, 0.15) is 23.5 Å². The minimum atomic E-state index is 0.176. The Hall–Kier alpha value is -1.89. The van der Waals surface area contributed by atoms with Crippen molar-refractivity contribution in [1.82, 2.24) is 0 Å². The van der Waals surface area contributed by atoms with Gasteiger partial charge in [-0.15, -0.1) is 0 Å². The average molecular weight is 236 g/mol. The van der Waals surface area contributed by atoms with Gasteiger partial charge in [-0.05, 0) is 17.5 Å². The molecule has 1 fully saturated rings. The first-order valence-corrected chi connectivity index (χ1v) is 6.46. The number of rotatable bonds is 3. The first-order chi connectivity index (χ1) is 8.84. The fraction of sp³-hybridized carbons (Fsp3) is 0.235. The summed E-state index contributed by atoms with van der Waals surface area (Å²) in [6.07, 6.45) is 1.58. The Morgan fingerprint density at radius 3 is 2.11 bits per heavy atom. The van der Waals surface area contributed by atoms with Gasteiger partial charge in [0.15, 0.2) is 0 Å². The molecule has 0 spiro atoms. The largest absolute Gasteiger partial charge is 0.299 e. The SMILES string of the molecule is O=C1C[C@H](c2ccccc2)[C@H]1Cc1ccccc1. The van der Waals surface area contributed by atoms with Crippen molar-refractivity contribution < 1.29 is 4.79 Å². The summed E-state index contributed by atoms with van der Waals surface area (Å²) in [4.78, 5) is 11.8. The van der Waals surface area contributed by atoms with Crippen molar-refractivity contribution in [2.75, 3.05) is 0 Å². The monoisotopic (exact) mass is 236 g/mol. The maximum Gasteiger partial charge on any atom is 0.137 e. The quantitative estimate of drug-likeness (QED) is 0.795. The summed E-state index contributed by atoms with van der Waals surface area (Å²) < 4.78 is 0. The lowest BCUT2D eigenvalue weighted by atomic mass is 9.66. The van der Waals surface area contributed by atoms with Crippen LogP contribution in [0.15, 0.2) is 60.7 Å². The minimum absolute atomic E-state index is 0.176. The number of benzene rings is 2. The summed E-state index contributed by atoms with van der Waals surface area (Å²) in [6.45, 7) is 0. The molecule has 1 heteroatoms. The second-order valence-electron chi connectivity index (χ2n) is 4.98. The van der Waals surface area contributed by atoms with Gasteiger partial charge in [0.25, 0.3) is 0 Å². The minimum Gasteiger partial charge on any atom is -0.299 e. The maximum absolute atomic E-state index is 11.8.